The summed E-state index contributed by atoms with van der Waals surface area (Å²) >= 11 is 12.1. The molecular weight excluding hydrogens is 355 g/mol. The van der Waals surface area contributed by atoms with Gasteiger partial charge in [-0.15, -0.1) is 0 Å². The highest BCUT2D eigenvalue weighted by atomic mass is 35.5. The van der Waals surface area contributed by atoms with Gasteiger partial charge in [-0.1, -0.05) is 53.5 Å². The molecule has 0 spiro atoms. The Balaban J connectivity index is 1.88. The maximum absolute atomic E-state index is 12.9. The molecule has 0 bridgehead atoms. The summed E-state index contributed by atoms with van der Waals surface area (Å²) in [5, 5.41) is 4.05. The second-order valence-corrected chi connectivity index (χ2v) is 6.44. The monoisotopic (exact) mass is 370 g/mol. The van der Waals surface area contributed by atoms with Gasteiger partial charge in [-0.25, -0.2) is 0 Å². The van der Waals surface area contributed by atoms with Gasteiger partial charge in [0.15, 0.2) is 0 Å². The highest BCUT2D eigenvalue weighted by Gasteiger charge is 2.22. The Morgan fingerprint density at radius 3 is 2.36 bits per heavy atom. The second-order valence-electron chi connectivity index (χ2n) is 5.60. The first kappa shape index (κ1) is 17.5. The molecular formula is C20H16Cl2N2O. The molecule has 0 aliphatic carbocycles. The van der Waals surface area contributed by atoms with Crippen LogP contribution in [0, 0.1) is 0 Å². The zero-order valence-electron chi connectivity index (χ0n) is 13.3. The number of anilines is 1. The van der Waals surface area contributed by atoms with Crippen molar-refractivity contribution in [1.29, 1.82) is 0 Å². The number of amides is 1. The number of para-hydroxylation sites is 1. The van der Waals surface area contributed by atoms with Crippen LogP contribution < -0.4 is 5.32 Å². The van der Waals surface area contributed by atoms with Crippen LogP contribution >= 0.6 is 23.2 Å². The average molecular weight is 371 g/mol. The molecule has 1 amide bonds. The highest BCUT2D eigenvalue weighted by Crippen LogP contribution is 2.26. The van der Waals surface area contributed by atoms with Crippen LogP contribution in [0.3, 0.4) is 0 Å². The summed E-state index contributed by atoms with van der Waals surface area (Å²) in [7, 11) is 0. The molecule has 1 N–H and O–H groups in total. The summed E-state index contributed by atoms with van der Waals surface area (Å²) in [5.74, 6) is -0.537. The maximum atomic E-state index is 12.9. The van der Waals surface area contributed by atoms with Crippen molar-refractivity contribution in [2.75, 3.05) is 5.32 Å². The van der Waals surface area contributed by atoms with Gasteiger partial charge in [0.2, 0.25) is 5.91 Å². The van der Waals surface area contributed by atoms with Crippen molar-refractivity contribution >= 4 is 34.8 Å². The molecule has 0 saturated carbocycles. The van der Waals surface area contributed by atoms with Gasteiger partial charge in [-0.3, -0.25) is 9.78 Å². The van der Waals surface area contributed by atoms with Crippen LogP contribution in [0.5, 0.6) is 0 Å². The lowest BCUT2D eigenvalue weighted by Crippen LogP contribution is -2.23. The fourth-order valence-corrected chi connectivity index (χ4v) is 2.88. The van der Waals surface area contributed by atoms with Crippen molar-refractivity contribution in [1.82, 2.24) is 4.98 Å². The normalized spacial score (nSPS) is 11.8. The number of halogens is 2. The lowest BCUT2D eigenvalue weighted by atomic mass is 9.93. The zero-order chi connectivity index (χ0) is 17.6. The molecule has 0 radical (unpaired) electrons. The van der Waals surface area contributed by atoms with E-state index < -0.39 is 5.92 Å². The van der Waals surface area contributed by atoms with E-state index in [2.05, 4.69) is 10.3 Å². The maximum Gasteiger partial charge on any atom is 0.232 e. The third-order valence-corrected chi connectivity index (χ3v) is 4.44. The molecule has 126 valence electrons. The number of nitrogens with zero attached hydrogens (tertiary/aromatic N) is 1. The van der Waals surface area contributed by atoms with Crippen LogP contribution in [0.4, 0.5) is 5.69 Å². The average Bonchev–Trinajstić information content (AvgIpc) is 2.63. The summed E-state index contributed by atoms with van der Waals surface area (Å²) in [6.07, 6.45) is 2.21. The van der Waals surface area contributed by atoms with Crippen LogP contribution in [0.2, 0.25) is 10.0 Å². The van der Waals surface area contributed by atoms with Gasteiger partial charge in [0.25, 0.3) is 0 Å². The SMILES string of the molecule is O=C(Nc1ccccc1Cl)C(Cc1ccccn1)c1ccc(Cl)cc1. The number of nitrogens with one attached hydrogen (secondary N) is 1. The number of carbonyl (C=O) groups excluding carboxylic acids is 1. The molecule has 1 unspecified atom stereocenters. The second kappa shape index (κ2) is 8.15. The standard InChI is InChI=1S/C20H16Cl2N2O/c21-15-10-8-14(9-11-15)17(13-16-5-3-4-12-23-16)20(25)24-19-7-2-1-6-18(19)22/h1-12,17H,13H2,(H,24,25). The number of rotatable bonds is 5. The molecule has 5 heteroatoms. The molecule has 2 aromatic carbocycles. The Hall–Kier alpha value is -2.36. The van der Waals surface area contributed by atoms with Gasteiger partial charge >= 0.3 is 0 Å². The summed E-state index contributed by atoms with van der Waals surface area (Å²) < 4.78 is 0. The van der Waals surface area contributed by atoms with Crippen LogP contribution in [0.25, 0.3) is 0 Å². The summed E-state index contributed by atoms with van der Waals surface area (Å²) in [6, 6.07) is 20.1. The smallest absolute Gasteiger partial charge is 0.232 e. The Bertz CT molecular complexity index is 851. The quantitative estimate of drug-likeness (QED) is 0.657. The molecule has 0 aliphatic rings. The summed E-state index contributed by atoms with van der Waals surface area (Å²) in [6.45, 7) is 0. The summed E-state index contributed by atoms with van der Waals surface area (Å²) in [4.78, 5) is 17.3. The minimum absolute atomic E-state index is 0.138. The molecule has 3 nitrogen and oxygen atoms in total. The molecule has 0 aliphatic heterocycles. The van der Waals surface area contributed by atoms with Gasteiger partial charge in [0.1, 0.15) is 0 Å². The number of carbonyl (C=O) groups is 1. The molecule has 25 heavy (non-hydrogen) atoms. The number of hydrogen-bond donors (Lipinski definition) is 1. The van der Waals surface area contributed by atoms with Crippen molar-refractivity contribution in [3.8, 4) is 0 Å². The van der Waals surface area contributed by atoms with E-state index in [0.29, 0.717) is 22.2 Å². The molecule has 1 atom stereocenters. The highest BCUT2D eigenvalue weighted by molar-refractivity contribution is 6.33. The van der Waals surface area contributed by atoms with Crippen molar-refractivity contribution < 1.29 is 4.79 Å². The van der Waals surface area contributed by atoms with E-state index in [1.807, 2.05) is 42.5 Å². The first-order valence-electron chi connectivity index (χ1n) is 7.84. The first-order chi connectivity index (χ1) is 12.1. The van der Waals surface area contributed by atoms with E-state index in [-0.39, 0.29) is 5.91 Å². The molecule has 3 rings (SSSR count). The minimum atomic E-state index is -0.400. The van der Waals surface area contributed by atoms with Gasteiger partial charge < -0.3 is 5.32 Å². The van der Waals surface area contributed by atoms with Crippen LogP contribution in [0.1, 0.15) is 17.2 Å². The molecule has 3 aromatic rings. The Morgan fingerprint density at radius 1 is 0.960 bits per heavy atom. The number of pyridine rings is 1. The van der Waals surface area contributed by atoms with Gasteiger partial charge in [-0.05, 0) is 42.0 Å². The molecule has 0 fully saturated rings. The van der Waals surface area contributed by atoms with Gasteiger partial charge in [-0.2, -0.15) is 0 Å². The van der Waals surface area contributed by atoms with Crippen LogP contribution in [-0.2, 0) is 11.2 Å². The van der Waals surface area contributed by atoms with Crippen LogP contribution in [0.15, 0.2) is 72.9 Å². The number of hydrogen-bond acceptors (Lipinski definition) is 2. The van der Waals surface area contributed by atoms with E-state index in [0.717, 1.165) is 11.3 Å². The van der Waals surface area contributed by atoms with Crippen molar-refractivity contribution in [3.05, 3.63) is 94.2 Å². The first-order valence-corrected chi connectivity index (χ1v) is 8.60. The van der Waals surface area contributed by atoms with Crippen molar-refractivity contribution in [2.24, 2.45) is 0 Å². The third kappa shape index (κ3) is 4.59. The Labute approximate surface area is 156 Å². The fourth-order valence-electron chi connectivity index (χ4n) is 2.57. The van der Waals surface area contributed by atoms with Gasteiger partial charge in [0, 0.05) is 23.3 Å². The molecule has 1 aromatic heterocycles. The molecule has 1 heterocycles. The van der Waals surface area contributed by atoms with Crippen LogP contribution in [-0.4, -0.2) is 10.9 Å². The Morgan fingerprint density at radius 2 is 1.68 bits per heavy atom. The predicted octanol–water partition coefficient (Wildman–Crippen LogP) is 5.35. The lowest BCUT2D eigenvalue weighted by molar-refractivity contribution is -0.117. The fraction of sp³-hybridized carbons (Fsp3) is 0.100. The van der Waals surface area contributed by atoms with E-state index in [1.165, 1.54) is 0 Å². The minimum Gasteiger partial charge on any atom is -0.324 e. The van der Waals surface area contributed by atoms with E-state index >= 15 is 0 Å². The van der Waals surface area contributed by atoms with E-state index in [4.69, 9.17) is 23.2 Å². The predicted molar refractivity (Wildman–Crippen MR) is 102 cm³/mol. The third-order valence-electron chi connectivity index (χ3n) is 3.86. The lowest BCUT2D eigenvalue weighted by Gasteiger charge is -2.18. The Kier molecular flexibility index (Phi) is 5.69. The van der Waals surface area contributed by atoms with Crippen molar-refractivity contribution in [2.45, 2.75) is 12.3 Å². The summed E-state index contributed by atoms with van der Waals surface area (Å²) in [5.41, 5.74) is 2.31. The number of aromatic nitrogens is 1. The number of benzene rings is 2. The largest absolute Gasteiger partial charge is 0.324 e. The zero-order valence-corrected chi connectivity index (χ0v) is 14.8. The van der Waals surface area contributed by atoms with E-state index in [9.17, 15) is 4.79 Å². The van der Waals surface area contributed by atoms with E-state index in [1.54, 1.807) is 30.5 Å². The topological polar surface area (TPSA) is 42.0 Å². The van der Waals surface area contributed by atoms with Gasteiger partial charge in [0.05, 0.1) is 16.6 Å². The van der Waals surface area contributed by atoms with Crippen molar-refractivity contribution in [3.63, 3.8) is 0 Å². The molecule has 0 saturated heterocycles.